The number of hydrogen-bond acceptors (Lipinski definition) is 5. The molecule has 3 aromatic carbocycles. The van der Waals surface area contributed by atoms with Crippen LogP contribution in [0.5, 0.6) is 0 Å². The van der Waals surface area contributed by atoms with Gasteiger partial charge in [-0.25, -0.2) is 4.98 Å². The van der Waals surface area contributed by atoms with Crippen molar-refractivity contribution in [2.24, 2.45) is 0 Å². The van der Waals surface area contributed by atoms with E-state index >= 15 is 0 Å². The average molecular weight is 499 g/mol. The first kappa shape index (κ1) is 23.8. The van der Waals surface area contributed by atoms with Gasteiger partial charge in [0.25, 0.3) is 5.56 Å². The van der Waals surface area contributed by atoms with E-state index in [4.69, 9.17) is 4.98 Å². The molecule has 2 heterocycles. The summed E-state index contributed by atoms with van der Waals surface area (Å²) in [5.41, 5.74) is 4.63. The van der Waals surface area contributed by atoms with Gasteiger partial charge >= 0.3 is 0 Å². The van der Waals surface area contributed by atoms with E-state index in [9.17, 15) is 14.4 Å². The third-order valence-corrected chi connectivity index (χ3v) is 7.35. The van der Waals surface area contributed by atoms with Gasteiger partial charge in [0.15, 0.2) is 5.16 Å². The predicted octanol–water partition coefficient (Wildman–Crippen LogP) is 4.86. The molecule has 7 nitrogen and oxygen atoms in total. The molecule has 8 heteroatoms. The molecule has 1 aliphatic rings. The number of nitrogens with zero attached hydrogens (tertiary/aromatic N) is 3. The van der Waals surface area contributed by atoms with Gasteiger partial charge in [0.2, 0.25) is 11.8 Å². The molecule has 0 aliphatic carbocycles. The van der Waals surface area contributed by atoms with Crippen LogP contribution >= 0.6 is 11.8 Å². The zero-order chi connectivity index (χ0) is 25.2. The van der Waals surface area contributed by atoms with Gasteiger partial charge in [-0.1, -0.05) is 42.1 Å². The van der Waals surface area contributed by atoms with E-state index in [1.54, 1.807) is 27.7 Å². The molecule has 2 amide bonds. The Morgan fingerprint density at radius 3 is 2.64 bits per heavy atom. The van der Waals surface area contributed by atoms with Crippen molar-refractivity contribution in [2.75, 3.05) is 22.5 Å². The van der Waals surface area contributed by atoms with E-state index in [0.29, 0.717) is 34.7 Å². The number of benzene rings is 3. The lowest BCUT2D eigenvalue weighted by atomic mass is 10.1. The molecule has 1 fully saturated rings. The summed E-state index contributed by atoms with van der Waals surface area (Å²) in [5, 5.41) is 3.90. The van der Waals surface area contributed by atoms with E-state index in [1.807, 2.05) is 62.4 Å². The van der Waals surface area contributed by atoms with Gasteiger partial charge in [0, 0.05) is 24.3 Å². The van der Waals surface area contributed by atoms with Gasteiger partial charge in [0.1, 0.15) is 0 Å². The molecule has 182 valence electrons. The number of fused-ring (bicyclic) bond motifs is 1. The second-order valence-corrected chi connectivity index (χ2v) is 9.75. The Morgan fingerprint density at radius 1 is 1.03 bits per heavy atom. The largest absolute Gasteiger partial charge is 0.325 e. The molecule has 1 saturated heterocycles. The first-order valence-electron chi connectivity index (χ1n) is 11.8. The van der Waals surface area contributed by atoms with Crippen molar-refractivity contribution in [1.29, 1.82) is 0 Å². The molecule has 0 spiro atoms. The molecule has 1 aliphatic heterocycles. The number of carbonyl (C=O) groups excluding carboxylic acids is 2. The Labute approximate surface area is 213 Å². The predicted molar refractivity (Wildman–Crippen MR) is 144 cm³/mol. The molecule has 0 unspecified atom stereocenters. The molecule has 36 heavy (non-hydrogen) atoms. The Hall–Kier alpha value is -3.91. The Balaban J connectivity index is 1.42. The minimum absolute atomic E-state index is 0.0719. The van der Waals surface area contributed by atoms with Crippen molar-refractivity contribution in [3.05, 3.63) is 88.2 Å². The van der Waals surface area contributed by atoms with Crippen molar-refractivity contribution in [2.45, 2.75) is 31.8 Å². The summed E-state index contributed by atoms with van der Waals surface area (Å²) in [5.74, 6) is -0.0525. The Kier molecular flexibility index (Phi) is 6.61. The van der Waals surface area contributed by atoms with Crippen molar-refractivity contribution in [3.8, 4) is 5.69 Å². The summed E-state index contributed by atoms with van der Waals surface area (Å²) in [6, 6.07) is 20.4. The maximum absolute atomic E-state index is 13.5. The van der Waals surface area contributed by atoms with Crippen LogP contribution in [0.25, 0.3) is 16.6 Å². The number of anilines is 2. The molecule has 0 bridgehead atoms. The highest BCUT2D eigenvalue weighted by Gasteiger charge is 2.22. The van der Waals surface area contributed by atoms with Crippen molar-refractivity contribution < 1.29 is 9.59 Å². The molecule has 1 N–H and O–H groups in total. The van der Waals surface area contributed by atoms with Crippen LogP contribution in [0.4, 0.5) is 11.4 Å². The second-order valence-electron chi connectivity index (χ2n) is 8.81. The van der Waals surface area contributed by atoms with Crippen LogP contribution < -0.4 is 15.8 Å². The second kappa shape index (κ2) is 9.99. The molecule has 1 aromatic heterocycles. The van der Waals surface area contributed by atoms with Gasteiger partial charge in [-0.3, -0.25) is 19.0 Å². The average Bonchev–Trinajstić information content (AvgIpc) is 3.31. The van der Waals surface area contributed by atoms with Crippen LogP contribution in [0.3, 0.4) is 0 Å². The van der Waals surface area contributed by atoms with Crippen LogP contribution in [0, 0.1) is 13.8 Å². The molecule has 4 aromatic rings. The zero-order valence-corrected chi connectivity index (χ0v) is 21.0. The standard InChI is InChI=1S/C28H26N4O3S/c1-18-8-5-13-24(19(18)2)32-27(35)22-11-3-4-12-23(22)30-28(32)36-17-25(33)29-20-9-6-10-21(16-20)31-15-7-14-26(31)34/h3-6,8-13,16H,7,14-15,17H2,1-2H3,(H,29,33). The summed E-state index contributed by atoms with van der Waals surface area (Å²) in [4.78, 5) is 45.0. The molecular weight excluding hydrogens is 472 g/mol. The fourth-order valence-corrected chi connectivity index (χ4v) is 5.20. The third kappa shape index (κ3) is 4.64. The number of hydrogen-bond donors (Lipinski definition) is 1. The van der Waals surface area contributed by atoms with Gasteiger partial charge in [0.05, 0.1) is 22.3 Å². The third-order valence-electron chi connectivity index (χ3n) is 6.41. The maximum Gasteiger partial charge on any atom is 0.266 e. The van der Waals surface area contributed by atoms with Gasteiger partial charge < -0.3 is 10.2 Å². The number of amides is 2. The summed E-state index contributed by atoms with van der Waals surface area (Å²) in [6.07, 6.45) is 1.39. The number of carbonyl (C=O) groups is 2. The van der Waals surface area contributed by atoms with E-state index in [-0.39, 0.29) is 23.1 Å². The number of aromatic nitrogens is 2. The summed E-state index contributed by atoms with van der Waals surface area (Å²) < 4.78 is 1.60. The minimum atomic E-state index is -0.222. The van der Waals surface area contributed by atoms with Gasteiger partial charge in [-0.15, -0.1) is 0 Å². The Morgan fingerprint density at radius 2 is 1.83 bits per heavy atom. The monoisotopic (exact) mass is 498 g/mol. The molecular formula is C28H26N4O3S. The highest BCUT2D eigenvalue weighted by atomic mass is 32.2. The SMILES string of the molecule is Cc1cccc(-n2c(SCC(=O)Nc3cccc(N4CCCC4=O)c3)nc3ccccc3c2=O)c1C. The lowest BCUT2D eigenvalue weighted by Crippen LogP contribution is -2.24. The van der Waals surface area contributed by atoms with Crippen molar-refractivity contribution >= 4 is 45.9 Å². The van der Waals surface area contributed by atoms with Crippen LogP contribution in [0.15, 0.2) is 76.7 Å². The normalized spacial score (nSPS) is 13.4. The first-order chi connectivity index (χ1) is 17.4. The fraction of sp³-hybridized carbons (Fsp3) is 0.214. The first-order valence-corrected chi connectivity index (χ1v) is 12.8. The molecule has 0 radical (unpaired) electrons. The minimum Gasteiger partial charge on any atom is -0.325 e. The molecule has 0 saturated carbocycles. The van der Waals surface area contributed by atoms with Crippen molar-refractivity contribution in [1.82, 2.24) is 9.55 Å². The summed E-state index contributed by atoms with van der Waals surface area (Å²) >= 11 is 1.22. The summed E-state index contributed by atoms with van der Waals surface area (Å²) in [6.45, 7) is 4.67. The van der Waals surface area contributed by atoms with E-state index < -0.39 is 0 Å². The lowest BCUT2D eigenvalue weighted by Gasteiger charge is -2.17. The number of aryl methyl sites for hydroxylation is 1. The van der Waals surface area contributed by atoms with Gasteiger partial charge in [-0.05, 0) is 67.8 Å². The van der Waals surface area contributed by atoms with E-state index in [2.05, 4.69) is 5.32 Å². The van der Waals surface area contributed by atoms with Crippen LogP contribution in [0.2, 0.25) is 0 Å². The number of nitrogens with one attached hydrogen (secondary N) is 1. The molecule has 0 atom stereocenters. The highest BCUT2D eigenvalue weighted by molar-refractivity contribution is 7.99. The summed E-state index contributed by atoms with van der Waals surface area (Å²) in [7, 11) is 0. The highest BCUT2D eigenvalue weighted by Crippen LogP contribution is 2.26. The lowest BCUT2D eigenvalue weighted by molar-refractivity contribution is -0.117. The number of thioether (sulfide) groups is 1. The zero-order valence-electron chi connectivity index (χ0n) is 20.2. The van der Waals surface area contributed by atoms with Crippen molar-refractivity contribution in [3.63, 3.8) is 0 Å². The van der Waals surface area contributed by atoms with Crippen LogP contribution in [-0.4, -0.2) is 33.7 Å². The maximum atomic E-state index is 13.5. The van der Waals surface area contributed by atoms with Crippen LogP contribution in [0.1, 0.15) is 24.0 Å². The fourth-order valence-electron chi connectivity index (χ4n) is 4.40. The number of para-hydroxylation sites is 1. The van der Waals surface area contributed by atoms with E-state index in [1.165, 1.54) is 11.8 Å². The molecule has 5 rings (SSSR count). The smallest absolute Gasteiger partial charge is 0.266 e. The number of rotatable bonds is 6. The van der Waals surface area contributed by atoms with E-state index in [0.717, 1.165) is 28.9 Å². The Bertz CT molecular complexity index is 1550. The topological polar surface area (TPSA) is 84.3 Å². The van der Waals surface area contributed by atoms with Gasteiger partial charge in [-0.2, -0.15) is 0 Å². The quantitative estimate of drug-likeness (QED) is 0.303. The van der Waals surface area contributed by atoms with Crippen LogP contribution in [-0.2, 0) is 9.59 Å².